The van der Waals surface area contributed by atoms with Crippen molar-refractivity contribution < 1.29 is 13.6 Å². The average Bonchev–Trinajstić information content (AvgIpc) is 3.38. The van der Waals surface area contributed by atoms with Crippen LogP contribution in [0.15, 0.2) is 70.0 Å². The van der Waals surface area contributed by atoms with Crippen LogP contribution in [0.2, 0.25) is 0 Å². The molecule has 4 aromatic rings. The molecule has 0 saturated heterocycles. The molecule has 4 rings (SSSR count). The molecular weight excluding hydrogens is 342 g/mol. The summed E-state index contributed by atoms with van der Waals surface area (Å²) in [6.45, 7) is 2.06. The zero-order valence-electron chi connectivity index (χ0n) is 15.1. The predicted molar refractivity (Wildman–Crippen MR) is 103 cm³/mol. The summed E-state index contributed by atoms with van der Waals surface area (Å²) in [5.74, 6) is 2.10. The van der Waals surface area contributed by atoms with Gasteiger partial charge >= 0.3 is 0 Å². The number of benzene rings is 2. The minimum absolute atomic E-state index is 0.445. The van der Waals surface area contributed by atoms with Crippen LogP contribution in [0.3, 0.4) is 0 Å². The molecular formula is C21H19N3O3. The molecule has 27 heavy (non-hydrogen) atoms. The monoisotopic (exact) mass is 361 g/mol. The van der Waals surface area contributed by atoms with Gasteiger partial charge in [-0.3, -0.25) is 0 Å². The topological polar surface area (TPSA) is 73.3 Å². The summed E-state index contributed by atoms with van der Waals surface area (Å²) in [6.07, 6.45) is 3.83. The second-order valence-corrected chi connectivity index (χ2v) is 5.92. The lowest BCUT2D eigenvalue weighted by Gasteiger charge is -2.09. The summed E-state index contributed by atoms with van der Waals surface area (Å²) in [5, 5.41) is 3.21. The summed E-state index contributed by atoms with van der Waals surface area (Å²) >= 11 is 0. The zero-order chi connectivity index (χ0) is 18.6. The smallest absolute Gasteiger partial charge is 0.299 e. The third-order valence-electron chi connectivity index (χ3n) is 4.22. The number of methoxy groups -OCH3 is 1. The van der Waals surface area contributed by atoms with Gasteiger partial charge in [0.15, 0.2) is 17.9 Å². The van der Waals surface area contributed by atoms with Crippen molar-refractivity contribution in [2.24, 2.45) is 0 Å². The van der Waals surface area contributed by atoms with Crippen molar-refractivity contribution in [1.29, 1.82) is 0 Å². The first-order valence-electron chi connectivity index (χ1n) is 8.67. The molecule has 0 bridgehead atoms. The van der Waals surface area contributed by atoms with Crippen molar-refractivity contribution in [3.05, 3.63) is 66.8 Å². The summed E-state index contributed by atoms with van der Waals surface area (Å²) in [6, 6.07) is 16.1. The zero-order valence-corrected chi connectivity index (χ0v) is 15.1. The van der Waals surface area contributed by atoms with E-state index in [9.17, 15) is 0 Å². The van der Waals surface area contributed by atoms with Crippen LogP contribution in [-0.4, -0.2) is 17.1 Å². The average molecular weight is 361 g/mol. The highest BCUT2D eigenvalue weighted by Crippen LogP contribution is 2.34. The van der Waals surface area contributed by atoms with E-state index in [1.54, 1.807) is 13.3 Å². The van der Waals surface area contributed by atoms with Crippen LogP contribution in [0.5, 0.6) is 5.75 Å². The number of oxazole rings is 2. The van der Waals surface area contributed by atoms with E-state index < -0.39 is 0 Å². The number of rotatable bonds is 6. The second-order valence-electron chi connectivity index (χ2n) is 5.92. The molecule has 6 heteroatoms. The van der Waals surface area contributed by atoms with Gasteiger partial charge in [0.1, 0.15) is 5.75 Å². The maximum atomic E-state index is 5.98. The fraction of sp³-hybridized carbons (Fsp3) is 0.143. The Morgan fingerprint density at radius 1 is 1.11 bits per heavy atom. The molecule has 0 unspecified atom stereocenters. The fourth-order valence-corrected chi connectivity index (χ4v) is 2.90. The van der Waals surface area contributed by atoms with Crippen molar-refractivity contribution in [1.82, 2.24) is 9.97 Å². The van der Waals surface area contributed by atoms with Crippen LogP contribution in [-0.2, 0) is 6.42 Å². The van der Waals surface area contributed by atoms with Crippen LogP contribution < -0.4 is 10.1 Å². The third-order valence-corrected chi connectivity index (χ3v) is 4.22. The van der Waals surface area contributed by atoms with Gasteiger partial charge in [0.2, 0.25) is 0 Å². The highest BCUT2D eigenvalue weighted by Gasteiger charge is 2.15. The first-order chi connectivity index (χ1) is 13.3. The summed E-state index contributed by atoms with van der Waals surface area (Å²) < 4.78 is 16.8. The van der Waals surface area contributed by atoms with Crippen LogP contribution >= 0.6 is 0 Å². The highest BCUT2D eigenvalue weighted by atomic mass is 16.5. The third kappa shape index (κ3) is 3.42. The van der Waals surface area contributed by atoms with Gasteiger partial charge < -0.3 is 18.9 Å². The SMILES string of the molecule is CCc1nc(Nc2ccc(-c3cnco3)c(OC)c2)oc1-c1ccccc1. The molecule has 2 aromatic heterocycles. The number of nitrogens with one attached hydrogen (secondary N) is 1. The largest absolute Gasteiger partial charge is 0.496 e. The Hall–Kier alpha value is -3.54. The van der Waals surface area contributed by atoms with Gasteiger partial charge in [0.25, 0.3) is 6.01 Å². The van der Waals surface area contributed by atoms with E-state index in [-0.39, 0.29) is 0 Å². The molecule has 0 aliphatic rings. The van der Waals surface area contributed by atoms with Crippen molar-refractivity contribution >= 4 is 11.7 Å². The normalized spacial score (nSPS) is 10.7. The van der Waals surface area contributed by atoms with E-state index in [4.69, 9.17) is 13.6 Å². The van der Waals surface area contributed by atoms with Crippen molar-refractivity contribution in [3.8, 4) is 28.4 Å². The first kappa shape index (κ1) is 16.9. The number of ether oxygens (including phenoxy) is 1. The van der Waals surface area contributed by atoms with Crippen LogP contribution in [0.4, 0.5) is 11.7 Å². The number of anilines is 2. The molecule has 6 nitrogen and oxygen atoms in total. The fourth-order valence-electron chi connectivity index (χ4n) is 2.90. The molecule has 0 aliphatic heterocycles. The Kier molecular flexibility index (Phi) is 4.61. The van der Waals surface area contributed by atoms with E-state index in [0.29, 0.717) is 17.5 Å². The van der Waals surface area contributed by atoms with E-state index in [1.807, 2.05) is 48.5 Å². The van der Waals surface area contributed by atoms with Crippen LogP contribution in [0.25, 0.3) is 22.6 Å². The Labute approximate surface area is 156 Å². The van der Waals surface area contributed by atoms with Gasteiger partial charge in [-0.05, 0) is 18.6 Å². The lowest BCUT2D eigenvalue weighted by Crippen LogP contribution is -1.94. The van der Waals surface area contributed by atoms with Gasteiger partial charge in [-0.1, -0.05) is 37.3 Å². The summed E-state index contributed by atoms with van der Waals surface area (Å²) in [5.41, 5.74) is 3.55. The standard InChI is InChI=1S/C21H19N3O3/c1-3-17-20(14-7-5-4-6-8-14)27-21(24-17)23-15-9-10-16(18(11-15)25-2)19-12-22-13-26-19/h4-13H,3H2,1-2H3,(H,23,24). The van der Waals surface area contributed by atoms with E-state index in [2.05, 4.69) is 22.2 Å². The number of hydrogen-bond donors (Lipinski definition) is 1. The molecule has 2 heterocycles. The van der Waals surface area contributed by atoms with Crippen molar-refractivity contribution in [2.75, 3.05) is 12.4 Å². The maximum Gasteiger partial charge on any atom is 0.299 e. The Morgan fingerprint density at radius 3 is 2.67 bits per heavy atom. The summed E-state index contributed by atoms with van der Waals surface area (Å²) in [7, 11) is 1.62. The summed E-state index contributed by atoms with van der Waals surface area (Å²) in [4.78, 5) is 8.53. The van der Waals surface area contributed by atoms with Crippen molar-refractivity contribution in [2.45, 2.75) is 13.3 Å². The predicted octanol–water partition coefficient (Wildman–Crippen LogP) is 5.31. The van der Waals surface area contributed by atoms with Gasteiger partial charge in [-0.25, -0.2) is 4.98 Å². The van der Waals surface area contributed by atoms with E-state index in [0.717, 1.165) is 34.7 Å². The molecule has 0 radical (unpaired) electrons. The Bertz CT molecular complexity index is 1020. The molecule has 2 aromatic carbocycles. The second kappa shape index (κ2) is 7.37. The van der Waals surface area contributed by atoms with Gasteiger partial charge in [0.05, 0.1) is 24.6 Å². The number of aromatic nitrogens is 2. The quantitative estimate of drug-likeness (QED) is 0.502. The molecule has 136 valence electrons. The molecule has 0 amide bonds. The van der Waals surface area contributed by atoms with Crippen LogP contribution in [0, 0.1) is 0 Å². The van der Waals surface area contributed by atoms with Crippen LogP contribution in [0.1, 0.15) is 12.6 Å². The Balaban J connectivity index is 1.64. The van der Waals surface area contributed by atoms with E-state index in [1.165, 1.54) is 6.39 Å². The Morgan fingerprint density at radius 2 is 1.96 bits per heavy atom. The maximum absolute atomic E-state index is 5.98. The van der Waals surface area contributed by atoms with Gasteiger partial charge in [0, 0.05) is 17.3 Å². The lowest BCUT2D eigenvalue weighted by atomic mass is 10.1. The number of nitrogens with zero attached hydrogens (tertiary/aromatic N) is 2. The lowest BCUT2D eigenvalue weighted by molar-refractivity contribution is 0.415. The molecule has 0 atom stereocenters. The molecule has 0 spiro atoms. The molecule has 0 aliphatic carbocycles. The minimum atomic E-state index is 0.445. The molecule has 0 fully saturated rings. The van der Waals surface area contributed by atoms with Crippen molar-refractivity contribution in [3.63, 3.8) is 0 Å². The molecule has 1 N–H and O–H groups in total. The van der Waals surface area contributed by atoms with Gasteiger partial charge in [-0.15, -0.1) is 0 Å². The highest BCUT2D eigenvalue weighted by molar-refractivity contribution is 5.71. The van der Waals surface area contributed by atoms with E-state index >= 15 is 0 Å². The number of hydrogen-bond acceptors (Lipinski definition) is 6. The molecule has 0 saturated carbocycles. The number of aryl methyl sites for hydroxylation is 1. The van der Waals surface area contributed by atoms with Gasteiger partial charge in [-0.2, -0.15) is 4.98 Å². The minimum Gasteiger partial charge on any atom is -0.496 e. The first-order valence-corrected chi connectivity index (χ1v) is 8.67.